The van der Waals surface area contributed by atoms with Crippen LogP contribution in [0, 0.1) is 11.8 Å². The van der Waals surface area contributed by atoms with Crippen molar-refractivity contribution in [3.05, 3.63) is 28.4 Å². The number of carbonyl (C=O) groups is 2. The molecule has 0 saturated carbocycles. The Labute approximate surface area is 201 Å². The van der Waals surface area contributed by atoms with E-state index in [1.807, 2.05) is 17.5 Å². The van der Waals surface area contributed by atoms with Gasteiger partial charge in [-0.05, 0) is 44.2 Å². The topological polar surface area (TPSA) is 81.2 Å². The summed E-state index contributed by atoms with van der Waals surface area (Å²) in [6.07, 6.45) is -0.996. The van der Waals surface area contributed by atoms with Crippen LogP contribution in [0.15, 0.2) is 17.5 Å². The molecule has 0 aliphatic carbocycles. The first-order valence-corrected chi connectivity index (χ1v) is 12.0. The highest BCUT2D eigenvalue weighted by Gasteiger charge is 2.39. The standard InChI is InChI=1S/C23H26ClN3O5S/c1-23(2,3)32-22(29)27-14-17(31-21(28)26-7-9-30-10-8-26)13-16(27)5-4-15-12-19-18(6-11-33-19)20(24)25-15/h6,11-12,16-17H,7-10,13-14H2,1-3H3/t16-,17-/m1/s1. The molecule has 0 unspecified atom stereocenters. The van der Waals surface area contributed by atoms with E-state index in [9.17, 15) is 9.59 Å². The Balaban J connectivity index is 1.52. The Morgan fingerprint density at radius 3 is 2.76 bits per heavy atom. The summed E-state index contributed by atoms with van der Waals surface area (Å²) in [7, 11) is 0. The van der Waals surface area contributed by atoms with E-state index in [0.29, 0.717) is 43.6 Å². The lowest BCUT2D eigenvalue weighted by molar-refractivity contribution is 0.00952. The molecule has 10 heteroatoms. The average Bonchev–Trinajstić information content (AvgIpc) is 3.39. The van der Waals surface area contributed by atoms with Gasteiger partial charge in [-0.2, -0.15) is 0 Å². The van der Waals surface area contributed by atoms with E-state index >= 15 is 0 Å². The predicted molar refractivity (Wildman–Crippen MR) is 126 cm³/mol. The van der Waals surface area contributed by atoms with Crippen molar-refractivity contribution in [2.75, 3.05) is 32.8 Å². The highest BCUT2D eigenvalue weighted by molar-refractivity contribution is 7.17. The van der Waals surface area contributed by atoms with Crippen LogP contribution >= 0.6 is 22.9 Å². The van der Waals surface area contributed by atoms with Crippen molar-refractivity contribution in [2.45, 2.75) is 44.9 Å². The number of ether oxygens (including phenoxy) is 3. The van der Waals surface area contributed by atoms with Crippen LogP contribution in [0.5, 0.6) is 0 Å². The van der Waals surface area contributed by atoms with Crippen molar-refractivity contribution in [1.82, 2.24) is 14.8 Å². The van der Waals surface area contributed by atoms with Gasteiger partial charge in [-0.3, -0.25) is 4.90 Å². The smallest absolute Gasteiger partial charge is 0.411 e. The summed E-state index contributed by atoms with van der Waals surface area (Å²) >= 11 is 7.84. The fourth-order valence-electron chi connectivity index (χ4n) is 3.65. The van der Waals surface area contributed by atoms with Gasteiger partial charge in [-0.25, -0.2) is 14.6 Å². The molecule has 4 rings (SSSR count). The SMILES string of the molecule is CC(C)(C)OC(=O)N1C[C@H](OC(=O)N2CCOCC2)C[C@H]1C#Cc1cc2sccc2c(Cl)n1. The quantitative estimate of drug-likeness (QED) is 0.440. The minimum Gasteiger partial charge on any atom is -0.444 e. The molecule has 176 valence electrons. The molecule has 0 spiro atoms. The van der Waals surface area contributed by atoms with Gasteiger partial charge in [0.05, 0.1) is 19.8 Å². The van der Waals surface area contributed by atoms with E-state index < -0.39 is 29.9 Å². The minimum atomic E-state index is -0.656. The number of aromatic nitrogens is 1. The molecule has 2 fully saturated rings. The third kappa shape index (κ3) is 5.88. The summed E-state index contributed by atoms with van der Waals surface area (Å²) in [6.45, 7) is 7.58. The van der Waals surface area contributed by atoms with Crippen LogP contribution in [0.4, 0.5) is 9.59 Å². The molecule has 0 aromatic carbocycles. The molecule has 0 bridgehead atoms. The minimum absolute atomic E-state index is 0.211. The predicted octanol–water partition coefficient (Wildman–Crippen LogP) is 4.15. The van der Waals surface area contributed by atoms with Crippen molar-refractivity contribution in [2.24, 2.45) is 0 Å². The number of fused-ring (bicyclic) bond motifs is 1. The number of pyridine rings is 1. The van der Waals surface area contributed by atoms with Gasteiger partial charge >= 0.3 is 12.2 Å². The Bertz CT molecular complexity index is 1100. The summed E-state index contributed by atoms with van der Waals surface area (Å²) in [4.78, 5) is 32.9. The van der Waals surface area contributed by atoms with Gasteiger partial charge in [0.1, 0.15) is 28.6 Å². The fraction of sp³-hybridized carbons (Fsp3) is 0.522. The monoisotopic (exact) mass is 491 g/mol. The van der Waals surface area contributed by atoms with E-state index in [1.165, 1.54) is 4.90 Å². The Morgan fingerprint density at radius 2 is 2.03 bits per heavy atom. The second-order valence-electron chi connectivity index (χ2n) is 8.89. The maximum atomic E-state index is 12.8. The zero-order valence-electron chi connectivity index (χ0n) is 18.8. The lowest BCUT2D eigenvalue weighted by Gasteiger charge is -2.27. The summed E-state index contributed by atoms with van der Waals surface area (Å²) < 4.78 is 17.5. The van der Waals surface area contributed by atoms with Crippen LogP contribution in [0.25, 0.3) is 10.1 Å². The Morgan fingerprint density at radius 1 is 1.27 bits per heavy atom. The van der Waals surface area contributed by atoms with Crippen LogP contribution in [0.3, 0.4) is 0 Å². The van der Waals surface area contributed by atoms with Crippen molar-refractivity contribution in [1.29, 1.82) is 0 Å². The van der Waals surface area contributed by atoms with Gasteiger partial charge in [0.25, 0.3) is 0 Å². The molecule has 0 radical (unpaired) electrons. The second kappa shape index (κ2) is 9.75. The van der Waals surface area contributed by atoms with Crippen molar-refractivity contribution in [3.8, 4) is 11.8 Å². The highest BCUT2D eigenvalue weighted by Crippen LogP contribution is 2.27. The molecular weight excluding hydrogens is 466 g/mol. The molecule has 2 amide bonds. The van der Waals surface area contributed by atoms with Crippen molar-refractivity contribution in [3.63, 3.8) is 0 Å². The van der Waals surface area contributed by atoms with Crippen molar-refractivity contribution < 1.29 is 23.8 Å². The number of hydrogen-bond acceptors (Lipinski definition) is 7. The molecule has 33 heavy (non-hydrogen) atoms. The number of carbonyl (C=O) groups excluding carboxylic acids is 2. The molecule has 2 atom stereocenters. The average molecular weight is 492 g/mol. The van der Waals surface area contributed by atoms with Crippen LogP contribution < -0.4 is 0 Å². The van der Waals surface area contributed by atoms with Crippen LogP contribution in [0.1, 0.15) is 32.9 Å². The number of rotatable bonds is 1. The number of hydrogen-bond donors (Lipinski definition) is 0. The summed E-state index contributed by atoms with van der Waals surface area (Å²) in [5, 5.41) is 3.23. The zero-order valence-corrected chi connectivity index (χ0v) is 20.4. The molecule has 2 aliphatic rings. The van der Waals surface area contributed by atoms with Crippen LogP contribution in [0.2, 0.25) is 5.15 Å². The number of halogens is 1. The molecule has 4 heterocycles. The second-order valence-corrected chi connectivity index (χ2v) is 10.2. The van der Waals surface area contributed by atoms with Gasteiger partial charge in [0.15, 0.2) is 0 Å². The number of thiophene rings is 1. The van der Waals surface area contributed by atoms with Gasteiger partial charge in [0.2, 0.25) is 0 Å². The van der Waals surface area contributed by atoms with E-state index in [0.717, 1.165) is 10.1 Å². The first kappa shape index (κ1) is 23.6. The number of likely N-dealkylation sites (tertiary alicyclic amines) is 1. The molecule has 2 aromatic rings. The van der Waals surface area contributed by atoms with Gasteiger partial charge < -0.3 is 19.1 Å². The molecule has 0 N–H and O–H groups in total. The van der Waals surface area contributed by atoms with Gasteiger partial charge in [-0.1, -0.05) is 17.5 Å². The van der Waals surface area contributed by atoms with Crippen LogP contribution in [-0.4, -0.2) is 77.6 Å². The number of morpholine rings is 1. The van der Waals surface area contributed by atoms with Crippen molar-refractivity contribution >= 4 is 45.2 Å². The molecule has 2 saturated heterocycles. The normalized spacial score (nSPS) is 21.0. The van der Waals surface area contributed by atoms with E-state index in [-0.39, 0.29) is 6.54 Å². The van der Waals surface area contributed by atoms with Gasteiger partial charge in [0, 0.05) is 29.6 Å². The summed E-state index contributed by atoms with van der Waals surface area (Å²) in [5.41, 5.74) is -0.135. The summed E-state index contributed by atoms with van der Waals surface area (Å²) in [6, 6.07) is 3.31. The fourth-order valence-corrected chi connectivity index (χ4v) is 4.79. The zero-order chi connectivity index (χ0) is 23.6. The van der Waals surface area contributed by atoms with Crippen LogP contribution in [-0.2, 0) is 14.2 Å². The first-order valence-electron chi connectivity index (χ1n) is 10.8. The van der Waals surface area contributed by atoms with Gasteiger partial charge in [-0.15, -0.1) is 11.3 Å². The molecule has 8 nitrogen and oxygen atoms in total. The lowest BCUT2D eigenvalue weighted by atomic mass is 10.2. The third-order valence-electron chi connectivity index (χ3n) is 5.20. The highest BCUT2D eigenvalue weighted by atomic mass is 35.5. The maximum absolute atomic E-state index is 12.8. The van der Waals surface area contributed by atoms with E-state index in [2.05, 4.69) is 16.8 Å². The third-order valence-corrected chi connectivity index (χ3v) is 6.35. The van der Waals surface area contributed by atoms with E-state index in [1.54, 1.807) is 37.0 Å². The number of nitrogens with zero attached hydrogens (tertiary/aromatic N) is 3. The lowest BCUT2D eigenvalue weighted by Crippen LogP contribution is -2.43. The molecular formula is C23H26ClN3O5S. The molecule has 2 aliphatic heterocycles. The van der Waals surface area contributed by atoms with E-state index in [4.69, 9.17) is 25.8 Å². The Kier molecular flexibility index (Phi) is 6.98. The maximum Gasteiger partial charge on any atom is 0.411 e. The largest absolute Gasteiger partial charge is 0.444 e. The summed E-state index contributed by atoms with van der Waals surface area (Å²) in [5.74, 6) is 6.15. The Hall–Kier alpha value is -2.54. The molecule has 2 aromatic heterocycles. The number of amides is 2. The first-order chi connectivity index (χ1) is 15.7.